The SMILES string of the molecule is CC1(C)[CH-]N(c2[c-]cccc2)C(C)(C)C1.CCC1(CC)CCCC2CC(CC)(CC)C(O)C2C1O.[Ir]. The Hall–Kier alpha value is -0.411. The standard InChI is InChI=1S/C18H34O2.C14H19N.Ir/c1-5-17(6-2)11-9-10-13-12-18(7-3,8-4)16(20)14(13)15(17)19;1-13(2)10-14(3,4)15(11-13)12-8-6-5-7-9-12;/h13-16,19-20H,5-12H2,1-4H3;5-8,11H,10H2,1-4H3;/q;-2;. The first kappa shape index (κ1) is 31.8. The summed E-state index contributed by atoms with van der Waals surface area (Å²) in [5, 5.41) is 22.1. The minimum atomic E-state index is -0.319. The predicted octanol–water partition coefficient (Wildman–Crippen LogP) is 7.80. The van der Waals surface area contributed by atoms with Gasteiger partial charge in [0.2, 0.25) is 0 Å². The van der Waals surface area contributed by atoms with Gasteiger partial charge in [0, 0.05) is 31.6 Å². The van der Waals surface area contributed by atoms with E-state index in [0.717, 1.165) is 38.5 Å². The number of nitrogens with zero attached hydrogens (tertiary/aromatic N) is 1. The summed E-state index contributed by atoms with van der Waals surface area (Å²) >= 11 is 0. The summed E-state index contributed by atoms with van der Waals surface area (Å²) in [5.41, 5.74) is 1.75. The zero-order chi connectivity index (χ0) is 26.1. The van der Waals surface area contributed by atoms with Crippen molar-refractivity contribution in [1.29, 1.82) is 0 Å². The molecule has 4 unspecified atom stereocenters. The van der Waals surface area contributed by atoms with Crippen LogP contribution in [-0.4, -0.2) is 28.0 Å². The van der Waals surface area contributed by atoms with Gasteiger partial charge in [-0.05, 0) is 75.5 Å². The number of aliphatic hydroxyl groups is 2. The molecule has 36 heavy (non-hydrogen) atoms. The van der Waals surface area contributed by atoms with Crippen LogP contribution in [0.4, 0.5) is 5.69 Å². The van der Waals surface area contributed by atoms with Crippen molar-refractivity contribution in [2.45, 2.75) is 131 Å². The minimum absolute atomic E-state index is 0. The third-order valence-corrected chi connectivity index (χ3v) is 10.2. The van der Waals surface area contributed by atoms with E-state index in [1.807, 2.05) is 12.1 Å². The molecule has 2 N–H and O–H groups in total. The van der Waals surface area contributed by atoms with Gasteiger partial charge >= 0.3 is 0 Å². The molecule has 2 saturated carbocycles. The largest absolute Gasteiger partial charge is 0.538 e. The Morgan fingerprint density at radius 1 is 0.944 bits per heavy atom. The predicted molar refractivity (Wildman–Crippen MR) is 148 cm³/mol. The fraction of sp³-hybridized carbons (Fsp3) is 0.781. The van der Waals surface area contributed by atoms with Crippen LogP contribution in [0, 0.1) is 40.7 Å². The Balaban J connectivity index is 0.000000256. The summed E-state index contributed by atoms with van der Waals surface area (Å²) in [6.07, 6.45) is 9.36. The van der Waals surface area contributed by atoms with Crippen molar-refractivity contribution >= 4 is 5.69 Å². The number of para-hydroxylation sites is 1. The first-order chi connectivity index (χ1) is 16.4. The number of fused-ring (bicyclic) bond motifs is 1. The summed E-state index contributed by atoms with van der Waals surface area (Å²) in [4.78, 5) is 2.35. The van der Waals surface area contributed by atoms with E-state index in [9.17, 15) is 10.2 Å². The summed E-state index contributed by atoms with van der Waals surface area (Å²) < 4.78 is 0. The Labute approximate surface area is 236 Å². The molecule has 0 aromatic heterocycles. The second-order valence-electron chi connectivity index (χ2n) is 13.2. The van der Waals surface area contributed by atoms with Crippen LogP contribution in [-0.2, 0) is 20.1 Å². The molecule has 1 heterocycles. The number of rotatable bonds is 5. The molecule has 1 radical (unpaired) electrons. The second-order valence-corrected chi connectivity index (χ2v) is 13.2. The molecule has 2 aliphatic carbocycles. The van der Waals surface area contributed by atoms with Gasteiger partial charge in [0.15, 0.2) is 0 Å². The maximum atomic E-state index is 11.1. The van der Waals surface area contributed by atoms with Crippen molar-refractivity contribution in [3.05, 3.63) is 36.9 Å². The van der Waals surface area contributed by atoms with Gasteiger partial charge < -0.3 is 15.1 Å². The molecular formula is C32H53IrNO2-2. The monoisotopic (exact) mass is 676 g/mol. The second kappa shape index (κ2) is 12.2. The average Bonchev–Trinajstić information content (AvgIpc) is 3.18. The molecule has 1 aliphatic heterocycles. The average molecular weight is 676 g/mol. The van der Waals surface area contributed by atoms with Gasteiger partial charge in [-0.15, -0.1) is 11.1 Å². The first-order valence-corrected chi connectivity index (χ1v) is 14.4. The van der Waals surface area contributed by atoms with E-state index < -0.39 is 0 Å². The molecule has 1 saturated heterocycles. The number of hydrogen-bond donors (Lipinski definition) is 2. The van der Waals surface area contributed by atoms with Crippen molar-refractivity contribution in [2.24, 2.45) is 28.1 Å². The van der Waals surface area contributed by atoms with E-state index in [0.29, 0.717) is 5.92 Å². The van der Waals surface area contributed by atoms with Crippen LogP contribution in [0.3, 0.4) is 0 Å². The molecule has 0 bridgehead atoms. The van der Waals surface area contributed by atoms with Crippen LogP contribution in [0.2, 0.25) is 0 Å². The van der Waals surface area contributed by atoms with Gasteiger partial charge in [0.05, 0.1) is 12.2 Å². The van der Waals surface area contributed by atoms with Gasteiger partial charge in [0.25, 0.3) is 0 Å². The van der Waals surface area contributed by atoms with Crippen molar-refractivity contribution in [3.63, 3.8) is 0 Å². The molecule has 1 aromatic carbocycles. The molecule has 209 valence electrons. The summed E-state index contributed by atoms with van der Waals surface area (Å²) in [6, 6.07) is 11.5. The summed E-state index contributed by atoms with van der Waals surface area (Å²) in [5.74, 6) is 0.636. The third-order valence-electron chi connectivity index (χ3n) is 10.2. The zero-order valence-electron chi connectivity index (χ0n) is 24.2. The van der Waals surface area contributed by atoms with Crippen LogP contribution in [0.5, 0.6) is 0 Å². The quantitative estimate of drug-likeness (QED) is 0.313. The number of benzene rings is 1. The molecule has 0 amide bonds. The number of aliphatic hydroxyl groups excluding tert-OH is 2. The molecule has 3 aliphatic rings. The maximum Gasteiger partial charge on any atom is 0.0651 e. The van der Waals surface area contributed by atoms with Crippen molar-refractivity contribution in [1.82, 2.24) is 0 Å². The van der Waals surface area contributed by atoms with Crippen molar-refractivity contribution in [3.8, 4) is 0 Å². The van der Waals surface area contributed by atoms with Crippen LogP contribution in [0.1, 0.15) is 113 Å². The Morgan fingerprint density at radius 3 is 2.00 bits per heavy atom. The van der Waals surface area contributed by atoms with Crippen molar-refractivity contribution < 1.29 is 30.3 Å². The first-order valence-electron chi connectivity index (χ1n) is 14.4. The van der Waals surface area contributed by atoms with Gasteiger partial charge in [-0.1, -0.05) is 54.4 Å². The topological polar surface area (TPSA) is 43.7 Å². The fourth-order valence-corrected chi connectivity index (χ4v) is 8.12. The molecule has 0 spiro atoms. The third kappa shape index (κ3) is 6.08. The van der Waals surface area contributed by atoms with Gasteiger partial charge in [-0.2, -0.15) is 30.3 Å². The van der Waals surface area contributed by atoms with E-state index in [4.69, 9.17) is 0 Å². The van der Waals surface area contributed by atoms with Gasteiger partial charge in [-0.3, -0.25) is 0 Å². The summed E-state index contributed by atoms with van der Waals surface area (Å²) in [6.45, 7) is 20.3. The molecule has 4 atom stereocenters. The van der Waals surface area contributed by atoms with E-state index >= 15 is 0 Å². The molecule has 1 aromatic rings. The van der Waals surface area contributed by atoms with Crippen LogP contribution in [0.25, 0.3) is 0 Å². The van der Waals surface area contributed by atoms with E-state index in [-0.39, 0.29) is 60.0 Å². The van der Waals surface area contributed by atoms with Crippen LogP contribution >= 0.6 is 0 Å². The molecule has 3 fully saturated rings. The van der Waals surface area contributed by atoms with E-state index in [1.54, 1.807) is 0 Å². The molecule has 4 heteroatoms. The Bertz CT molecular complexity index is 800. The molecule has 4 rings (SSSR count). The van der Waals surface area contributed by atoms with Crippen LogP contribution < -0.4 is 4.90 Å². The maximum absolute atomic E-state index is 11.1. The minimum Gasteiger partial charge on any atom is -0.538 e. The van der Waals surface area contributed by atoms with E-state index in [2.05, 4.69) is 85.0 Å². The Kier molecular flexibility index (Phi) is 10.8. The smallest absolute Gasteiger partial charge is 0.0651 e. The zero-order valence-corrected chi connectivity index (χ0v) is 26.6. The van der Waals surface area contributed by atoms with Crippen molar-refractivity contribution in [2.75, 3.05) is 4.90 Å². The number of hydrogen-bond acceptors (Lipinski definition) is 3. The summed E-state index contributed by atoms with van der Waals surface area (Å²) in [7, 11) is 0. The van der Waals surface area contributed by atoms with E-state index in [1.165, 1.54) is 24.9 Å². The normalized spacial score (nSPS) is 31.4. The molecule has 3 nitrogen and oxygen atoms in total. The number of anilines is 1. The van der Waals surface area contributed by atoms with Crippen LogP contribution in [0.15, 0.2) is 24.3 Å². The Morgan fingerprint density at radius 2 is 1.53 bits per heavy atom. The van der Waals surface area contributed by atoms with Gasteiger partial charge in [-0.25, -0.2) is 6.54 Å². The van der Waals surface area contributed by atoms with Gasteiger partial charge in [0.1, 0.15) is 0 Å². The fourth-order valence-electron chi connectivity index (χ4n) is 8.12. The molecular weight excluding hydrogens is 623 g/mol.